The first-order chi connectivity index (χ1) is 8.79. The van der Waals surface area contributed by atoms with Gasteiger partial charge in [-0.25, -0.2) is 9.97 Å². The number of benzene rings is 1. The number of hydrogen-bond donors (Lipinski definition) is 2. The van der Waals surface area contributed by atoms with Gasteiger partial charge < -0.3 is 14.9 Å². The normalized spacial score (nSPS) is 11.2. The van der Waals surface area contributed by atoms with Crippen LogP contribution in [0.25, 0.3) is 22.3 Å². The highest BCUT2D eigenvalue weighted by Gasteiger charge is 2.11. The molecule has 1 aromatic carbocycles. The van der Waals surface area contributed by atoms with Crippen LogP contribution in [0.2, 0.25) is 0 Å². The molecule has 2 N–H and O–H groups in total. The Bertz CT molecular complexity index is 680. The summed E-state index contributed by atoms with van der Waals surface area (Å²) in [5.41, 5.74) is 5.32. The monoisotopic (exact) mass is 241 g/mol. The summed E-state index contributed by atoms with van der Waals surface area (Å²) in [6.07, 6.45) is 3.56. The Morgan fingerprint density at radius 2 is 2.22 bits per heavy atom. The number of aromatic nitrogens is 4. The molecule has 0 fully saturated rings. The summed E-state index contributed by atoms with van der Waals surface area (Å²) < 4.78 is 2.04. The molecule has 0 saturated heterocycles. The smallest absolute Gasteiger partial charge is 0.0953 e. The van der Waals surface area contributed by atoms with Gasteiger partial charge in [-0.2, -0.15) is 0 Å². The van der Waals surface area contributed by atoms with Crippen LogP contribution in [0.3, 0.4) is 0 Å². The van der Waals surface area contributed by atoms with Gasteiger partial charge in [-0.05, 0) is 19.2 Å². The third-order valence-electron chi connectivity index (χ3n) is 3.10. The lowest BCUT2D eigenvalue weighted by atomic mass is 10.1. The molecule has 0 aliphatic rings. The molecule has 18 heavy (non-hydrogen) atoms. The van der Waals surface area contributed by atoms with Crippen molar-refractivity contribution in [2.45, 2.75) is 6.54 Å². The number of nitrogens with one attached hydrogen (secondary N) is 2. The predicted octanol–water partition coefficient (Wildman–Crippen LogP) is 1.68. The van der Waals surface area contributed by atoms with E-state index < -0.39 is 0 Å². The van der Waals surface area contributed by atoms with Crippen LogP contribution in [0.15, 0.2) is 30.9 Å². The summed E-state index contributed by atoms with van der Waals surface area (Å²) in [6.45, 7) is 0.798. The summed E-state index contributed by atoms with van der Waals surface area (Å²) in [4.78, 5) is 11.8. The van der Waals surface area contributed by atoms with Crippen molar-refractivity contribution in [3.63, 3.8) is 0 Å². The fourth-order valence-corrected chi connectivity index (χ4v) is 2.16. The van der Waals surface area contributed by atoms with Crippen LogP contribution in [0, 0.1) is 0 Å². The van der Waals surface area contributed by atoms with Gasteiger partial charge in [0.25, 0.3) is 0 Å². The molecule has 5 heteroatoms. The molecule has 0 saturated carbocycles. The summed E-state index contributed by atoms with van der Waals surface area (Å²) in [5.74, 6) is 0. The minimum Gasteiger partial charge on any atom is -0.345 e. The molecule has 3 aromatic rings. The van der Waals surface area contributed by atoms with E-state index in [2.05, 4.69) is 32.4 Å². The third kappa shape index (κ3) is 1.69. The number of aryl methyl sites for hydroxylation is 1. The summed E-state index contributed by atoms with van der Waals surface area (Å²) in [6, 6.07) is 6.16. The van der Waals surface area contributed by atoms with Gasteiger partial charge in [0.05, 0.1) is 35.1 Å². The maximum atomic E-state index is 4.48. The minimum atomic E-state index is 0.798. The average Bonchev–Trinajstić information content (AvgIpc) is 2.97. The van der Waals surface area contributed by atoms with Gasteiger partial charge in [-0.1, -0.05) is 6.07 Å². The zero-order valence-electron chi connectivity index (χ0n) is 10.4. The molecular weight excluding hydrogens is 226 g/mol. The van der Waals surface area contributed by atoms with E-state index in [-0.39, 0.29) is 0 Å². The van der Waals surface area contributed by atoms with Crippen LogP contribution in [0.1, 0.15) is 5.69 Å². The van der Waals surface area contributed by atoms with Crippen molar-refractivity contribution in [3.05, 3.63) is 36.5 Å². The van der Waals surface area contributed by atoms with Crippen molar-refractivity contribution < 1.29 is 0 Å². The highest BCUT2D eigenvalue weighted by molar-refractivity contribution is 5.81. The number of aromatic amines is 1. The maximum Gasteiger partial charge on any atom is 0.0953 e. The van der Waals surface area contributed by atoms with Gasteiger partial charge in [-0.15, -0.1) is 0 Å². The number of hydrogen-bond acceptors (Lipinski definition) is 3. The second-order valence-corrected chi connectivity index (χ2v) is 4.32. The quantitative estimate of drug-likeness (QED) is 0.733. The van der Waals surface area contributed by atoms with E-state index in [4.69, 9.17) is 0 Å². The van der Waals surface area contributed by atoms with Crippen LogP contribution < -0.4 is 5.32 Å². The molecule has 92 valence electrons. The molecule has 5 nitrogen and oxygen atoms in total. The lowest BCUT2D eigenvalue weighted by Gasteiger charge is -2.05. The summed E-state index contributed by atoms with van der Waals surface area (Å²) in [5, 5.41) is 3.17. The van der Waals surface area contributed by atoms with Crippen molar-refractivity contribution in [2.24, 2.45) is 7.05 Å². The van der Waals surface area contributed by atoms with Crippen LogP contribution in [0.5, 0.6) is 0 Å². The fraction of sp³-hybridized carbons (Fsp3) is 0.231. The van der Waals surface area contributed by atoms with Gasteiger partial charge in [0, 0.05) is 19.2 Å². The maximum absolute atomic E-state index is 4.48. The Labute approximate surface area is 105 Å². The molecule has 3 rings (SSSR count). The van der Waals surface area contributed by atoms with Crippen LogP contribution >= 0.6 is 0 Å². The Balaban J connectivity index is 2.13. The Kier molecular flexibility index (Phi) is 2.60. The van der Waals surface area contributed by atoms with Crippen LogP contribution in [-0.4, -0.2) is 26.6 Å². The Morgan fingerprint density at radius 1 is 1.33 bits per heavy atom. The highest BCUT2D eigenvalue weighted by atomic mass is 15.1. The molecule has 0 radical (unpaired) electrons. The molecular formula is C13H15N5. The first-order valence-electron chi connectivity index (χ1n) is 5.88. The van der Waals surface area contributed by atoms with Gasteiger partial charge in [0.15, 0.2) is 0 Å². The van der Waals surface area contributed by atoms with E-state index >= 15 is 0 Å². The van der Waals surface area contributed by atoms with E-state index in [1.54, 1.807) is 6.33 Å². The van der Waals surface area contributed by atoms with Crippen molar-refractivity contribution in [1.29, 1.82) is 0 Å². The fourth-order valence-electron chi connectivity index (χ4n) is 2.16. The number of H-pyrrole nitrogens is 1. The number of rotatable bonds is 3. The SMILES string of the molecule is CNCc1c(-c2ccc3nc[nH]c3c2)ncn1C. The summed E-state index contributed by atoms with van der Waals surface area (Å²) >= 11 is 0. The zero-order valence-corrected chi connectivity index (χ0v) is 10.4. The molecule has 0 spiro atoms. The molecule has 0 unspecified atom stereocenters. The zero-order chi connectivity index (χ0) is 12.5. The van der Waals surface area contributed by atoms with E-state index in [1.807, 2.05) is 31.1 Å². The number of nitrogens with zero attached hydrogens (tertiary/aromatic N) is 3. The van der Waals surface area contributed by atoms with Crippen molar-refractivity contribution in [3.8, 4) is 11.3 Å². The first kappa shape index (κ1) is 11.0. The first-order valence-corrected chi connectivity index (χ1v) is 5.88. The molecule has 0 bridgehead atoms. The van der Waals surface area contributed by atoms with E-state index in [0.717, 1.165) is 28.8 Å². The van der Waals surface area contributed by atoms with E-state index in [9.17, 15) is 0 Å². The largest absolute Gasteiger partial charge is 0.345 e. The number of imidazole rings is 2. The lowest BCUT2D eigenvalue weighted by molar-refractivity contribution is 0.735. The van der Waals surface area contributed by atoms with Gasteiger partial charge in [0.1, 0.15) is 0 Å². The second-order valence-electron chi connectivity index (χ2n) is 4.32. The third-order valence-corrected chi connectivity index (χ3v) is 3.10. The molecule has 2 heterocycles. The molecule has 0 amide bonds. The van der Waals surface area contributed by atoms with Crippen LogP contribution in [0.4, 0.5) is 0 Å². The molecule has 0 aliphatic heterocycles. The standard InChI is InChI=1S/C13H15N5/c1-14-6-12-13(17-8-18(12)2)9-3-4-10-11(5-9)16-7-15-10/h3-5,7-8,14H,6H2,1-2H3,(H,15,16). The van der Waals surface area contributed by atoms with Crippen molar-refractivity contribution in [2.75, 3.05) is 7.05 Å². The second kappa shape index (κ2) is 4.27. The van der Waals surface area contributed by atoms with E-state index in [0.29, 0.717) is 0 Å². The molecule has 0 atom stereocenters. The van der Waals surface area contributed by atoms with E-state index in [1.165, 1.54) is 5.69 Å². The predicted molar refractivity (Wildman–Crippen MR) is 71.1 cm³/mol. The molecule has 2 aromatic heterocycles. The van der Waals surface area contributed by atoms with Crippen molar-refractivity contribution in [1.82, 2.24) is 24.8 Å². The van der Waals surface area contributed by atoms with Gasteiger partial charge in [-0.3, -0.25) is 0 Å². The van der Waals surface area contributed by atoms with Gasteiger partial charge in [0.2, 0.25) is 0 Å². The lowest BCUT2D eigenvalue weighted by Crippen LogP contribution is -2.09. The van der Waals surface area contributed by atoms with Gasteiger partial charge >= 0.3 is 0 Å². The Hall–Kier alpha value is -2.14. The average molecular weight is 241 g/mol. The topological polar surface area (TPSA) is 58.5 Å². The van der Waals surface area contributed by atoms with Crippen molar-refractivity contribution >= 4 is 11.0 Å². The number of fused-ring (bicyclic) bond motifs is 1. The Morgan fingerprint density at radius 3 is 3.06 bits per heavy atom. The van der Waals surface area contributed by atoms with Crippen LogP contribution in [-0.2, 0) is 13.6 Å². The summed E-state index contributed by atoms with van der Waals surface area (Å²) in [7, 11) is 3.95. The minimum absolute atomic E-state index is 0.798. The highest BCUT2D eigenvalue weighted by Crippen LogP contribution is 2.24. The molecule has 0 aliphatic carbocycles.